The van der Waals surface area contributed by atoms with Gasteiger partial charge in [-0.2, -0.15) is 0 Å². The van der Waals surface area contributed by atoms with Crippen LogP contribution in [0.1, 0.15) is 111 Å². The minimum absolute atomic E-state index is 0.0553. The molecule has 0 aliphatic rings. The summed E-state index contributed by atoms with van der Waals surface area (Å²) in [6, 6.07) is 2.23. The number of aryl methyl sites for hydroxylation is 1. The number of hydrogen-bond acceptors (Lipinski definition) is 6. The molecule has 232 valence electrons. The number of unbranched alkanes of at least 4 members (excludes halogenated alkanes) is 2. The Morgan fingerprint density at radius 1 is 1.05 bits per heavy atom. The number of phenols is 1. The Balaban J connectivity index is 3.64. The summed E-state index contributed by atoms with van der Waals surface area (Å²) in [6.45, 7) is 15.4. The highest BCUT2D eigenvalue weighted by molar-refractivity contribution is 5.92. The maximum atomic E-state index is 14.4. The molecule has 0 saturated carbocycles. The number of nitrogens with two attached hydrogens (primary N) is 1. The predicted molar refractivity (Wildman–Crippen MR) is 160 cm³/mol. The van der Waals surface area contributed by atoms with E-state index in [1.165, 1.54) is 11.0 Å². The third kappa shape index (κ3) is 12.8. The molecule has 0 aromatic heterocycles. The molecule has 3 atom stereocenters. The van der Waals surface area contributed by atoms with E-state index in [0.29, 0.717) is 30.0 Å². The molecule has 0 bridgehead atoms. The molecule has 4 amide bonds. The zero-order chi connectivity index (χ0) is 31.3. The fraction of sp³-hybridized carbons (Fsp3) is 0.677. The molecule has 41 heavy (non-hydrogen) atoms. The molecule has 1 aromatic rings. The van der Waals surface area contributed by atoms with Crippen LogP contribution >= 0.6 is 0 Å². The van der Waals surface area contributed by atoms with Gasteiger partial charge in [-0.15, -0.1) is 0 Å². The second-order valence-electron chi connectivity index (χ2n) is 12.2. The Kier molecular flexibility index (Phi) is 14.7. The lowest BCUT2D eigenvalue weighted by molar-refractivity contribution is -0.145. The summed E-state index contributed by atoms with van der Waals surface area (Å²) in [4.78, 5) is 54.2. The first-order chi connectivity index (χ1) is 19.1. The Bertz CT molecular complexity index is 1020. The number of benzene rings is 1. The molecule has 1 rings (SSSR count). The predicted octanol–water partition coefficient (Wildman–Crippen LogP) is 4.86. The number of aromatic hydroxyl groups is 1. The zero-order valence-electron chi connectivity index (χ0n) is 26.2. The third-order valence-electron chi connectivity index (χ3n) is 6.70. The average Bonchev–Trinajstić information content (AvgIpc) is 2.86. The normalized spacial score (nSPS) is 13.7. The Morgan fingerprint density at radius 2 is 1.71 bits per heavy atom. The smallest absolute Gasteiger partial charge is 0.408 e. The SMILES string of the molecule is CCCCCNC(=O)C(c1ccc(O)c(C)c1)N(C(=O)C(CCC(N)=O)NC(=O)OC(C)(C)C)C(C)CCC(C)C. The van der Waals surface area contributed by atoms with Gasteiger partial charge in [0, 0.05) is 19.0 Å². The summed E-state index contributed by atoms with van der Waals surface area (Å²) in [6.07, 6.45) is 3.13. The van der Waals surface area contributed by atoms with Crippen LogP contribution in [0.2, 0.25) is 0 Å². The molecule has 0 radical (unpaired) electrons. The number of ether oxygens (including phenoxy) is 1. The molecule has 1 aromatic carbocycles. The van der Waals surface area contributed by atoms with Crippen molar-refractivity contribution in [1.29, 1.82) is 0 Å². The fourth-order valence-electron chi connectivity index (χ4n) is 4.46. The first-order valence-electron chi connectivity index (χ1n) is 14.7. The topological polar surface area (TPSA) is 151 Å². The zero-order valence-corrected chi connectivity index (χ0v) is 26.2. The van der Waals surface area contributed by atoms with Crippen molar-refractivity contribution in [2.24, 2.45) is 11.7 Å². The van der Waals surface area contributed by atoms with Crippen LogP contribution in [0.15, 0.2) is 18.2 Å². The van der Waals surface area contributed by atoms with Crippen LogP contribution in [-0.4, -0.2) is 58.1 Å². The molecular weight excluding hydrogens is 524 g/mol. The molecule has 0 heterocycles. The molecule has 0 fully saturated rings. The number of amides is 4. The van der Waals surface area contributed by atoms with Gasteiger partial charge in [0.1, 0.15) is 23.4 Å². The number of rotatable bonds is 16. The van der Waals surface area contributed by atoms with Crippen LogP contribution in [0.4, 0.5) is 4.79 Å². The van der Waals surface area contributed by atoms with E-state index in [9.17, 15) is 24.3 Å². The number of nitrogens with one attached hydrogen (secondary N) is 2. The van der Waals surface area contributed by atoms with Gasteiger partial charge in [0.2, 0.25) is 17.7 Å². The second-order valence-corrected chi connectivity index (χ2v) is 12.2. The van der Waals surface area contributed by atoms with Crippen molar-refractivity contribution in [1.82, 2.24) is 15.5 Å². The molecule has 0 saturated heterocycles. The number of alkyl carbamates (subject to hydrolysis) is 1. The van der Waals surface area contributed by atoms with E-state index in [4.69, 9.17) is 10.5 Å². The van der Waals surface area contributed by atoms with Crippen LogP contribution in [0.25, 0.3) is 0 Å². The summed E-state index contributed by atoms with van der Waals surface area (Å²) in [7, 11) is 0. The van der Waals surface area contributed by atoms with Gasteiger partial charge in [-0.25, -0.2) is 4.79 Å². The monoisotopic (exact) mass is 576 g/mol. The number of nitrogens with zero attached hydrogens (tertiary/aromatic N) is 1. The summed E-state index contributed by atoms with van der Waals surface area (Å²) in [5.41, 5.74) is 5.69. The first kappa shape index (κ1) is 35.7. The first-order valence-corrected chi connectivity index (χ1v) is 14.7. The van der Waals surface area contributed by atoms with Crippen molar-refractivity contribution >= 4 is 23.8 Å². The number of carbonyl (C=O) groups is 4. The van der Waals surface area contributed by atoms with Gasteiger partial charge in [0.25, 0.3) is 0 Å². The maximum Gasteiger partial charge on any atom is 0.408 e. The highest BCUT2D eigenvalue weighted by Gasteiger charge is 2.39. The number of hydrogen-bond donors (Lipinski definition) is 4. The van der Waals surface area contributed by atoms with E-state index >= 15 is 0 Å². The Morgan fingerprint density at radius 3 is 2.24 bits per heavy atom. The van der Waals surface area contributed by atoms with Crippen LogP contribution in [0.3, 0.4) is 0 Å². The van der Waals surface area contributed by atoms with Crippen LogP contribution in [0.5, 0.6) is 5.75 Å². The maximum absolute atomic E-state index is 14.4. The highest BCUT2D eigenvalue weighted by Crippen LogP contribution is 2.30. The van der Waals surface area contributed by atoms with Gasteiger partial charge < -0.3 is 31.1 Å². The van der Waals surface area contributed by atoms with Crippen molar-refractivity contribution in [2.75, 3.05) is 6.54 Å². The largest absolute Gasteiger partial charge is 0.508 e. The molecule has 3 unspecified atom stereocenters. The van der Waals surface area contributed by atoms with E-state index < -0.39 is 41.6 Å². The highest BCUT2D eigenvalue weighted by atomic mass is 16.6. The quantitative estimate of drug-likeness (QED) is 0.206. The molecule has 0 aliphatic carbocycles. The summed E-state index contributed by atoms with van der Waals surface area (Å²) in [5, 5.41) is 15.8. The minimum atomic E-state index is -1.16. The van der Waals surface area contributed by atoms with Crippen molar-refractivity contribution in [3.63, 3.8) is 0 Å². The van der Waals surface area contributed by atoms with Gasteiger partial charge in [0.15, 0.2) is 0 Å². The van der Waals surface area contributed by atoms with E-state index in [2.05, 4.69) is 31.4 Å². The van der Waals surface area contributed by atoms with Crippen molar-refractivity contribution in [2.45, 2.75) is 124 Å². The van der Waals surface area contributed by atoms with Crippen LogP contribution in [-0.2, 0) is 19.1 Å². The Labute approximate surface area is 245 Å². The van der Waals surface area contributed by atoms with E-state index in [-0.39, 0.29) is 24.5 Å². The van der Waals surface area contributed by atoms with E-state index in [1.807, 2.05) is 6.92 Å². The molecule has 0 spiro atoms. The standard InChI is InChI=1S/C31H52N4O6/c1-9-10-11-18-33-28(38)27(23-14-16-25(36)21(4)19-23)35(22(5)13-12-20(2)3)29(39)24(15-17-26(32)37)34-30(40)41-31(6,7)8/h14,16,19-20,22,24,27,36H,9-13,15,17-18H2,1-8H3,(H2,32,37)(H,33,38)(H,34,40). The summed E-state index contributed by atoms with van der Waals surface area (Å²) >= 11 is 0. The third-order valence-corrected chi connectivity index (χ3v) is 6.70. The second kappa shape index (κ2) is 16.8. The van der Waals surface area contributed by atoms with Crippen molar-refractivity contribution in [3.05, 3.63) is 29.3 Å². The van der Waals surface area contributed by atoms with Gasteiger partial charge in [-0.3, -0.25) is 14.4 Å². The lowest BCUT2D eigenvalue weighted by Gasteiger charge is -2.39. The molecule has 10 heteroatoms. The average molecular weight is 577 g/mol. The molecule has 10 nitrogen and oxygen atoms in total. The fourth-order valence-corrected chi connectivity index (χ4v) is 4.46. The Hall–Kier alpha value is -3.30. The van der Waals surface area contributed by atoms with Gasteiger partial charge >= 0.3 is 6.09 Å². The summed E-state index contributed by atoms with van der Waals surface area (Å²) in [5.74, 6) is -1.06. The minimum Gasteiger partial charge on any atom is -0.508 e. The van der Waals surface area contributed by atoms with Gasteiger partial charge in [0.05, 0.1) is 0 Å². The lowest BCUT2D eigenvalue weighted by atomic mass is 9.95. The molecule has 0 aliphatic heterocycles. The molecular formula is C31H52N4O6. The van der Waals surface area contributed by atoms with Crippen LogP contribution < -0.4 is 16.4 Å². The lowest BCUT2D eigenvalue weighted by Crippen LogP contribution is -2.55. The van der Waals surface area contributed by atoms with Crippen molar-refractivity contribution < 1.29 is 29.0 Å². The van der Waals surface area contributed by atoms with Gasteiger partial charge in [-0.1, -0.05) is 39.7 Å². The van der Waals surface area contributed by atoms with E-state index in [1.54, 1.807) is 39.8 Å². The van der Waals surface area contributed by atoms with E-state index in [0.717, 1.165) is 25.7 Å². The number of phenolic OH excluding ortho intramolecular Hbond substituents is 1. The molecule has 5 N–H and O–H groups in total. The van der Waals surface area contributed by atoms with Crippen LogP contribution in [0, 0.1) is 12.8 Å². The van der Waals surface area contributed by atoms with Crippen molar-refractivity contribution in [3.8, 4) is 5.75 Å². The van der Waals surface area contributed by atoms with Gasteiger partial charge in [-0.05, 0) is 89.5 Å². The number of primary amides is 1. The number of carbonyl (C=O) groups excluding carboxylic acids is 4. The summed E-state index contributed by atoms with van der Waals surface area (Å²) < 4.78 is 5.40.